The highest BCUT2D eigenvalue weighted by atomic mass is 79.9. The minimum Gasteiger partial charge on any atom is -0.493 e. The van der Waals surface area contributed by atoms with Gasteiger partial charge in [-0.2, -0.15) is 13.5 Å². The predicted molar refractivity (Wildman–Crippen MR) is 155 cm³/mol. The fourth-order valence-corrected chi connectivity index (χ4v) is 6.68. The molecule has 10 nitrogen and oxygen atoms in total. The van der Waals surface area contributed by atoms with Crippen LogP contribution in [0.25, 0.3) is 10.2 Å². The number of anilines is 1. The molecular weight excluding hydrogens is 628 g/mol. The summed E-state index contributed by atoms with van der Waals surface area (Å²) in [7, 11) is -2.85. The number of para-hydroxylation sites is 1. The molecule has 0 saturated heterocycles. The van der Waals surface area contributed by atoms with Crippen LogP contribution < -0.4 is 19.7 Å². The molecule has 14 heteroatoms. The number of benzene rings is 3. The third-order valence-corrected chi connectivity index (χ3v) is 8.92. The van der Waals surface area contributed by atoms with E-state index in [9.17, 15) is 18.0 Å². The number of thiazole rings is 1. The molecule has 2 amide bonds. The normalized spacial score (nSPS) is 11.5. The summed E-state index contributed by atoms with van der Waals surface area (Å²) < 4.78 is 38.5. The van der Waals surface area contributed by atoms with Gasteiger partial charge in [0, 0.05) is 12.6 Å². The van der Waals surface area contributed by atoms with Crippen molar-refractivity contribution in [2.45, 2.75) is 16.2 Å². The molecule has 0 aliphatic heterocycles. The number of amides is 2. The number of hydrazone groups is 1. The Morgan fingerprint density at radius 2 is 1.90 bits per heavy atom. The molecule has 4 aromatic rings. The summed E-state index contributed by atoms with van der Waals surface area (Å²) in [5, 5.41) is 6.54. The van der Waals surface area contributed by atoms with E-state index in [0.717, 1.165) is 14.6 Å². The summed E-state index contributed by atoms with van der Waals surface area (Å²) in [6.45, 7) is 1.35. The van der Waals surface area contributed by atoms with Crippen LogP contribution in [0.4, 0.5) is 5.69 Å². The van der Waals surface area contributed by atoms with Gasteiger partial charge in [-0.05, 0) is 70.0 Å². The maximum Gasteiger partial charge on any atom is 0.339 e. The Morgan fingerprint density at radius 1 is 1.15 bits per heavy atom. The van der Waals surface area contributed by atoms with Crippen molar-refractivity contribution in [3.8, 4) is 11.5 Å². The monoisotopic (exact) mass is 648 g/mol. The van der Waals surface area contributed by atoms with Gasteiger partial charge in [0.15, 0.2) is 15.8 Å². The van der Waals surface area contributed by atoms with Crippen LogP contribution in [0.3, 0.4) is 0 Å². The van der Waals surface area contributed by atoms with Gasteiger partial charge in [-0.25, -0.2) is 10.4 Å². The molecule has 0 fully saturated rings. The number of nitrogens with zero attached hydrogens (tertiary/aromatic N) is 2. The molecule has 0 saturated carbocycles. The number of hydrogen-bond donors (Lipinski definition) is 2. The van der Waals surface area contributed by atoms with Crippen molar-refractivity contribution in [1.29, 1.82) is 0 Å². The van der Waals surface area contributed by atoms with E-state index in [1.54, 1.807) is 6.07 Å². The molecule has 0 bridgehead atoms. The van der Waals surface area contributed by atoms with Crippen LogP contribution in [-0.2, 0) is 19.7 Å². The van der Waals surface area contributed by atoms with E-state index in [-0.39, 0.29) is 34.0 Å². The fraction of sp³-hybridized carbons (Fsp3) is 0.120. The molecular formula is C25H21BrN4O6S3. The van der Waals surface area contributed by atoms with Crippen molar-refractivity contribution in [1.82, 2.24) is 10.4 Å². The van der Waals surface area contributed by atoms with Gasteiger partial charge in [-0.1, -0.05) is 23.9 Å². The quantitative estimate of drug-likeness (QED) is 0.106. The van der Waals surface area contributed by atoms with Gasteiger partial charge in [0.2, 0.25) is 5.91 Å². The molecule has 39 heavy (non-hydrogen) atoms. The summed E-state index contributed by atoms with van der Waals surface area (Å²) in [4.78, 5) is 27.8. The van der Waals surface area contributed by atoms with Crippen molar-refractivity contribution < 1.29 is 26.9 Å². The maximum absolute atomic E-state index is 12.8. The number of aromatic nitrogens is 1. The smallest absolute Gasteiger partial charge is 0.339 e. The van der Waals surface area contributed by atoms with E-state index in [0.29, 0.717) is 15.7 Å². The zero-order chi connectivity index (χ0) is 28.0. The lowest BCUT2D eigenvalue weighted by molar-refractivity contribution is -0.118. The average Bonchev–Trinajstić information content (AvgIpc) is 3.32. The van der Waals surface area contributed by atoms with Crippen molar-refractivity contribution in [2.75, 3.05) is 18.2 Å². The molecule has 0 aliphatic carbocycles. The molecule has 0 spiro atoms. The van der Waals surface area contributed by atoms with Crippen LogP contribution in [0, 0.1) is 0 Å². The number of rotatable bonds is 10. The lowest BCUT2D eigenvalue weighted by Gasteiger charge is -2.13. The second kappa shape index (κ2) is 12.6. The summed E-state index contributed by atoms with van der Waals surface area (Å²) in [5.41, 5.74) is 4.32. The van der Waals surface area contributed by atoms with Gasteiger partial charge in [0.25, 0.3) is 5.91 Å². The number of fused-ring (bicyclic) bond motifs is 1. The predicted octanol–water partition coefficient (Wildman–Crippen LogP) is 5.04. The molecule has 0 unspecified atom stereocenters. The lowest BCUT2D eigenvalue weighted by Crippen LogP contribution is -2.19. The first-order chi connectivity index (χ1) is 18.6. The molecule has 1 aromatic heterocycles. The highest BCUT2D eigenvalue weighted by molar-refractivity contribution is 9.10. The third-order valence-electron chi connectivity index (χ3n) is 4.91. The Labute approximate surface area is 241 Å². The van der Waals surface area contributed by atoms with Gasteiger partial charge in [-0.15, -0.1) is 11.3 Å². The number of ether oxygens (including phenoxy) is 1. The van der Waals surface area contributed by atoms with Gasteiger partial charge in [0.05, 0.1) is 33.8 Å². The lowest BCUT2D eigenvalue weighted by atomic mass is 10.2. The fourth-order valence-electron chi connectivity index (χ4n) is 3.21. The number of nitrogens with one attached hydrogen (secondary N) is 2. The molecule has 0 radical (unpaired) electrons. The summed E-state index contributed by atoms with van der Waals surface area (Å²) >= 11 is 6.15. The molecule has 0 aliphatic rings. The van der Waals surface area contributed by atoms with Crippen LogP contribution in [0.2, 0.25) is 0 Å². The van der Waals surface area contributed by atoms with Gasteiger partial charge >= 0.3 is 10.1 Å². The van der Waals surface area contributed by atoms with Gasteiger partial charge in [0.1, 0.15) is 4.90 Å². The minimum atomic E-state index is -4.21. The Bertz CT molecular complexity index is 1620. The van der Waals surface area contributed by atoms with Gasteiger partial charge in [-0.3, -0.25) is 9.59 Å². The van der Waals surface area contributed by atoms with Crippen molar-refractivity contribution >= 4 is 83.1 Å². The molecule has 3 aromatic carbocycles. The minimum absolute atomic E-state index is 0.0585. The third kappa shape index (κ3) is 7.56. The van der Waals surface area contributed by atoms with E-state index in [4.69, 9.17) is 8.92 Å². The van der Waals surface area contributed by atoms with E-state index in [1.807, 2.05) is 24.3 Å². The number of hydrogen-bond acceptors (Lipinski definition) is 10. The summed E-state index contributed by atoms with van der Waals surface area (Å²) in [5.74, 6) is -0.376. The van der Waals surface area contributed by atoms with Crippen LogP contribution in [0.5, 0.6) is 11.5 Å². The van der Waals surface area contributed by atoms with Crippen molar-refractivity contribution in [3.05, 3.63) is 70.7 Å². The zero-order valence-corrected chi connectivity index (χ0v) is 24.5. The second-order valence-electron chi connectivity index (χ2n) is 7.81. The number of carbonyl (C=O) groups excluding carboxylic acids is 2. The van der Waals surface area contributed by atoms with Crippen LogP contribution in [0.15, 0.2) is 79.5 Å². The van der Waals surface area contributed by atoms with Gasteiger partial charge < -0.3 is 14.2 Å². The highest BCUT2D eigenvalue weighted by Crippen LogP contribution is 2.38. The number of thioether (sulfide) groups is 1. The van der Waals surface area contributed by atoms with Crippen molar-refractivity contribution in [2.24, 2.45) is 5.10 Å². The standard InChI is InChI=1S/C25H21BrN4O6S3/c1-15(31)28-17-7-9-18(10-8-17)39(33,34)36-24-19(26)11-16(12-21(24)35-2)13-27-30-23(32)14-37-25-29-20-5-3-4-6-22(20)38-25/h3-13H,14H2,1-2H3,(H,28,31)(H,30,32)/b27-13-. The topological polar surface area (TPSA) is 136 Å². The Kier molecular flexibility index (Phi) is 9.22. The zero-order valence-electron chi connectivity index (χ0n) is 20.5. The SMILES string of the molecule is COc1cc(/C=N\NC(=O)CSc2nc3ccccc3s2)cc(Br)c1OS(=O)(=O)c1ccc(NC(C)=O)cc1. The maximum atomic E-state index is 12.8. The van der Waals surface area contributed by atoms with Crippen LogP contribution >= 0.6 is 39.0 Å². The summed E-state index contributed by atoms with van der Waals surface area (Å²) in [6, 6.07) is 16.4. The molecule has 1 heterocycles. The van der Waals surface area contributed by atoms with E-state index in [1.165, 1.54) is 73.7 Å². The Morgan fingerprint density at radius 3 is 2.59 bits per heavy atom. The first kappa shape index (κ1) is 28.5. The second-order valence-corrected chi connectivity index (χ2v) is 12.5. The molecule has 202 valence electrons. The molecule has 0 atom stereocenters. The van der Waals surface area contributed by atoms with Crippen LogP contribution in [0.1, 0.15) is 12.5 Å². The number of halogens is 1. The van der Waals surface area contributed by atoms with E-state index < -0.39 is 10.1 Å². The van der Waals surface area contributed by atoms with Crippen LogP contribution in [-0.4, -0.2) is 44.3 Å². The van der Waals surface area contributed by atoms with E-state index in [2.05, 4.69) is 36.8 Å². The number of methoxy groups -OCH3 is 1. The largest absolute Gasteiger partial charge is 0.493 e. The average molecular weight is 650 g/mol. The Balaban J connectivity index is 1.39. The summed E-state index contributed by atoms with van der Waals surface area (Å²) in [6.07, 6.45) is 1.40. The van der Waals surface area contributed by atoms with E-state index >= 15 is 0 Å². The molecule has 4 rings (SSSR count). The van der Waals surface area contributed by atoms with Crippen molar-refractivity contribution in [3.63, 3.8) is 0 Å². The molecule has 2 N–H and O–H groups in total. The highest BCUT2D eigenvalue weighted by Gasteiger charge is 2.22. The Hall–Kier alpha value is -3.46. The first-order valence-corrected chi connectivity index (χ1v) is 15.1. The number of carbonyl (C=O) groups is 2. The first-order valence-electron chi connectivity index (χ1n) is 11.1.